The van der Waals surface area contributed by atoms with E-state index in [-0.39, 0.29) is 16.9 Å². The lowest BCUT2D eigenvalue weighted by molar-refractivity contribution is -0.118. The Morgan fingerprint density at radius 3 is 2.50 bits per heavy atom. The van der Waals surface area contributed by atoms with Crippen molar-refractivity contribution in [1.29, 1.82) is 0 Å². The molecule has 1 aliphatic carbocycles. The largest absolute Gasteiger partial charge is 0.497 e. The number of nitrogens with two attached hydrogens (primary N) is 1. The van der Waals surface area contributed by atoms with E-state index in [0.29, 0.717) is 24.4 Å². The molecule has 0 spiro atoms. The van der Waals surface area contributed by atoms with Crippen LogP contribution in [0.4, 0.5) is 5.69 Å². The third kappa shape index (κ3) is 4.26. The molecule has 0 saturated heterocycles. The van der Waals surface area contributed by atoms with Crippen LogP contribution in [-0.2, 0) is 9.53 Å². The number of carbonyl (C=O) groups excluding carboxylic acids is 2. The van der Waals surface area contributed by atoms with Crippen LogP contribution in [0.2, 0.25) is 0 Å². The van der Waals surface area contributed by atoms with Crippen LogP contribution in [0.15, 0.2) is 18.2 Å². The van der Waals surface area contributed by atoms with Gasteiger partial charge in [0, 0.05) is 6.42 Å². The van der Waals surface area contributed by atoms with Crippen molar-refractivity contribution < 1.29 is 19.1 Å². The highest BCUT2D eigenvalue weighted by Crippen LogP contribution is 2.38. The summed E-state index contributed by atoms with van der Waals surface area (Å²) < 4.78 is 9.91. The molecule has 1 saturated carbocycles. The number of methoxy groups -OCH3 is 2. The molecule has 1 fully saturated rings. The normalized spacial score (nSPS) is 16.3. The van der Waals surface area contributed by atoms with Crippen molar-refractivity contribution in [3.63, 3.8) is 0 Å². The molecule has 132 valence electrons. The average molecular weight is 334 g/mol. The van der Waals surface area contributed by atoms with Gasteiger partial charge in [0.15, 0.2) is 0 Å². The number of amides is 1. The first-order valence-electron chi connectivity index (χ1n) is 8.30. The second kappa shape index (κ2) is 8.15. The Labute approximate surface area is 142 Å². The van der Waals surface area contributed by atoms with Gasteiger partial charge in [0.05, 0.1) is 25.5 Å². The van der Waals surface area contributed by atoms with Crippen LogP contribution >= 0.6 is 0 Å². The van der Waals surface area contributed by atoms with E-state index in [9.17, 15) is 9.59 Å². The third-order valence-electron chi connectivity index (χ3n) is 4.79. The molecule has 0 bridgehead atoms. The predicted octanol–water partition coefficient (Wildman–Crippen LogP) is 2.72. The van der Waals surface area contributed by atoms with Crippen LogP contribution in [0.5, 0.6) is 5.75 Å². The highest BCUT2D eigenvalue weighted by molar-refractivity contribution is 6.01. The van der Waals surface area contributed by atoms with Crippen molar-refractivity contribution in [3.8, 4) is 5.75 Å². The van der Waals surface area contributed by atoms with Gasteiger partial charge in [0.2, 0.25) is 5.91 Å². The van der Waals surface area contributed by atoms with Crippen LogP contribution in [-0.4, -0.2) is 32.6 Å². The van der Waals surface area contributed by atoms with Crippen molar-refractivity contribution in [2.45, 2.75) is 38.5 Å². The van der Waals surface area contributed by atoms with E-state index in [1.54, 1.807) is 18.2 Å². The van der Waals surface area contributed by atoms with Gasteiger partial charge in [0.1, 0.15) is 5.75 Å². The van der Waals surface area contributed by atoms with Gasteiger partial charge in [-0.2, -0.15) is 0 Å². The van der Waals surface area contributed by atoms with Crippen molar-refractivity contribution in [2.75, 3.05) is 26.1 Å². The Bertz CT molecular complexity index is 595. The molecular weight excluding hydrogens is 308 g/mol. The zero-order valence-corrected chi connectivity index (χ0v) is 14.4. The third-order valence-corrected chi connectivity index (χ3v) is 4.79. The van der Waals surface area contributed by atoms with Crippen molar-refractivity contribution in [3.05, 3.63) is 23.8 Å². The molecule has 0 heterocycles. The van der Waals surface area contributed by atoms with E-state index >= 15 is 0 Å². The fourth-order valence-corrected chi connectivity index (χ4v) is 3.33. The monoisotopic (exact) mass is 334 g/mol. The zero-order valence-electron chi connectivity index (χ0n) is 14.4. The Balaban J connectivity index is 2.14. The molecule has 1 aromatic carbocycles. The fraction of sp³-hybridized carbons (Fsp3) is 0.556. The lowest BCUT2D eigenvalue weighted by Crippen LogP contribution is -2.36. The Kier molecular flexibility index (Phi) is 6.20. The van der Waals surface area contributed by atoms with Gasteiger partial charge in [-0.1, -0.05) is 19.3 Å². The summed E-state index contributed by atoms with van der Waals surface area (Å²) >= 11 is 0. The summed E-state index contributed by atoms with van der Waals surface area (Å²) in [7, 11) is 2.82. The van der Waals surface area contributed by atoms with Gasteiger partial charge in [-0.05, 0) is 43.0 Å². The number of nitrogens with one attached hydrogen (secondary N) is 1. The maximum absolute atomic E-state index is 12.5. The minimum atomic E-state index is -0.518. The topological polar surface area (TPSA) is 90.6 Å². The number of benzene rings is 1. The minimum Gasteiger partial charge on any atom is -0.497 e. The van der Waals surface area contributed by atoms with Crippen LogP contribution in [0.25, 0.3) is 0 Å². The number of rotatable bonds is 6. The second-order valence-electron chi connectivity index (χ2n) is 6.39. The summed E-state index contributed by atoms with van der Waals surface area (Å²) in [6.45, 7) is 0.507. The molecule has 0 aromatic heterocycles. The molecule has 1 amide bonds. The van der Waals surface area contributed by atoms with Gasteiger partial charge in [-0.15, -0.1) is 0 Å². The van der Waals surface area contributed by atoms with Gasteiger partial charge in [-0.3, -0.25) is 4.79 Å². The maximum Gasteiger partial charge on any atom is 0.340 e. The molecule has 1 aromatic rings. The van der Waals surface area contributed by atoms with E-state index < -0.39 is 5.97 Å². The summed E-state index contributed by atoms with van der Waals surface area (Å²) in [5.74, 6) is -0.118. The minimum absolute atomic E-state index is 0.125. The standard InChI is InChI=1S/C18H26N2O4/c1-23-13-6-7-15(14(10-13)17(22)24-2)20-16(21)11-18(12-19)8-4-3-5-9-18/h6-7,10H,3-5,8-9,11-12,19H2,1-2H3,(H,20,21). The summed E-state index contributed by atoms with van der Waals surface area (Å²) in [6.07, 6.45) is 5.75. The quantitative estimate of drug-likeness (QED) is 0.781. The number of hydrogen-bond acceptors (Lipinski definition) is 5. The van der Waals surface area contributed by atoms with Crippen LogP contribution in [0, 0.1) is 5.41 Å². The lowest BCUT2D eigenvalue weighted by atomic mass is 9.71. The van der Waals surface area contributed by atoms with E-state index in [1.165, 1.54) is 20.6 Å². The van der Waals surface area contributed by atoms with Crippen molar-refractivity contribution in [1.82, 2.24) is 0 Å². The van der Waals surface area contributed by atoms with Gasteiger partial charge in [0.25, 0.3) is 0 Å². The highest BCUT2D eigenvalue weighted by Gasteiger charge is 2.33. The number of carbonyl (C=O) groups is 2. The lowest BCUT2D eigenvalue weighted by Gasteiger charge is -2.35. The summed E-state index contributed by atoms with van der Waals surface area (Å²) in [5.41, 5.74) is 6.52. The SMILES string of the molecule is COC(=O)c1cc(OC)ccc1NC(=O)CC1(CN)CCCCC1. The first kappa shape index (κ1) is 18.3. The van der Waals surface area contributed by atoms with Crippen LogP contribution in [0.1, 0.15) is 48.9 Å². The molecule has 0 atom stereocenters. The number of ether oxygens (including phenoxy) is 2. The smallest absolute Gasteiger partial charge is 0.340 e. The highest BCUT2D eigenvalue weighted by atomic mass is 16.5. The zero-order chi connectivity index (χ0) is 17.6. The van der Waals surface area contributed by atoms with Gasteiger partial charge in [-0.25, -0.2) is 4.79 Å². The molecule has 24 heavy (non-hydrogen) atoms. The molecule has 0 radical (unpaired) electrons. The first-order valence-corrected chi connectivity index (χ1v) is 8.30. The molecular formula is C18H26N2O4. The van der Waals surface area contributed by atoms with Crippen molar-refractivity contribution in [2.24, 2.45) is 11.1 Å². The average Bonchev–Trinajstić information content (AvgIpc) is 2.62. The van der Waals surface area contributed by atoms with Crippen LogP contribution < -0.4 is 15.8 Å². The van der Waals surface area contributed by atoms with E-state index in [1.807, 2.05) is 0 Å². The van der Waals surface area contributed by atoms with Crippen LogP contribution in [0.3, 0.4) is 0 Å². The number of hydrogen-bond donors (Lipinski definition) is 2. The molecule has 2 rings (SSSR count). The number of anilines is 1. The molecule has 1 aliphatic rings. The van der Waals surface area contributed by atoms with E-state index in [4.69, 9.17) is 15.2 Å². The first-order chi connectivity index (χ1) is 11.5. The Morgan fingerprint density at radius 1 is 1.21 bits per heavy atom. The Hall–Kier alpha value is -2.08. The van der Waals surface area contributed by atoms with Gasteiger partial charge >= 0.3 is 5.97 Å². The molecule has 0 unspecified atom stereocenters. The summed E-state index contributed by atoms with van der Waals surface area (Å²) in [5, 5.41) is 2.83. The molecule has 6 heteroatoms. The predicted molar refractivity (Wildman–Crippen MR) is 92.2 cm³/mol. The van der Waals surface area contributed by atoms with E-state index in [2.05, 4.69) is 5.32 Å². The second-order valence-corrected chi connectivity index (χ2v) is 6.39. The van der Waals surface area contributed by atoms with Gasteiger partial charge < -0.3 is 20.5 Å². The molecule has 6 nitrogen and oxygen atoms in total. The maximum atomic E-state index is 12.5. The fourth-order valence-electron chi connectivity index (χ4n) is 3.33. The van der Waals surface area contributed by atoms with Crippen molar-refractivity contribution >= 4 is 17.6 Å². The Morgan fingerprint density at radius 2 is 1.92 bits per heavy atom. The van der Waals surface area contributed by atoms with E-state index in [0.717, 1.165) is 25.7 Å². The summed E-state index contributed by atoms with van der Waals surface area (Å²) in [4.78, 5) is 24.5. The molecule has 0 aliphatic heterocycles. The summed E-state index contributed by atoms with van der Waals surface area (Å²) in [6, 6.07) is 4.90. The molecule has 3 N–H and O–H groups in total. The number of esters is 1.